The Labute approximate surface area is 126 Å². The number of nitrogens with zero attached hydrogens (tertiary/aromatic N) is 4. The van der Waals surface area contributed by atoms with Crippen molar-refractivity contribution >= 4 is 31.5 Å². The van der Waals surface area contributed by atoms with Crippen molar-refractivity contribution < 1.29 is 4.43 Å². The second-order valence-corrected chi connectivity index (χ2v) is 11.3. The van der Waals surface area contributed by atoms with E-state index in [-0.39, 0.29) is 5.04 Å². The molecule has 21 heavy (non-hydrogen) atoms. The zero-order valence-electron chi connectivity index (χ0n) is 13.3. The summed E-state index contributed by atoms with van der Waals surface area (Å²) in [6.45, 7) is 11.7. The number of imidazole rings is 1. The van der Waals surface area contributed by atoms with E-state index in [0.29, 0.717) is 23.6 Å². The number of aromatic nitrogens is 4. The topological polar surface area (TPSA) is 78.9 Å². The molecule has 0 aromatic carbocycles. The molecule has 2 N–H and O–H groups in total. The lowest BCUT2D eigenvalue weighted by molar-refractivity contribution is 0.328. The lowest BCUT2D eigenvalue weighted by Gasteiger charge is -2.35. The van der Waals surface area contributed by atoms with Crippen LogP contribution >= 0.6 is 0 Å². The second-order valence-electron chi connectivity index (χ2n) is 6.54. The molecule has 114 valence electrons. The van der Waals surface area contributed by atoms with E-state index >= 15 is 0 Å². The summed E-state index contributed by atoms with van der Waals surface area (Å²) in [5.74, 6) is 0.393. The molecule has 0 atom stereocenters. The number of rotatable bonds is 4. The van der Waals surface area contributed by atoms with E-state index in [2.05, 4.69) is 48.8 Å². The maximum Gasteiger partial charge on any atom is 0.192 e. The van der Waals surface area contributed by atoms with E-state index < -0.39 is 8.32 Å². The van der Waals surface area contributed by atoms with E-state index in [1.807, 2.05) is 16.8 Å². The SMILES string of the molecule is CC(C)(C)[Si](C)(C)OC/C=C/n1cnc2c(N)ncnc21. The summed E-state index contributed by atoms with van der Waals surface area (Å²) in [7, 11) is -1.71. The van der Waals surface area contributed by atoms with Gasteiger partial charge in [-0.2, -0.15) is 0 Å². The van der Waals surface area contributed by atoms with E-state index in [1.165, 1.54) is 6.33 Å². The van der Waals surface area contributed by atoms with Crippen LogP contribution in [0.5, 0.6) is 0 Å². The average molecular weight is 305 g/mol. The predicted octanol–water partition coefficient (Wildman–Crippen LogP) is 2.90. The molecule has 7 heteroatoms. The fourth-order valence-corrected chi connectivity index (χ4v) is 2.55. The zero-order valence-corrected chi connectivity index (χ0v) is 14.3. The van der Waals surface area contributed by atoms with Crippen LogP contribution < -0.4 is 5.73 Å². The van der Waals surface area contributed by atoms with Gasteiger partial charge < -0.3 is 10.2 Å². The molecule has 2 aromatic heterocycles. The molecule has 0 unspecified atom stereocenters. The summed E-state index contributed by atoms with van der Waals surface area (Å²) in [5.41, 5.74) is 7.08. The van der Waals surface area contributed by atoms with Gasteiger partial charge in [0.2, 0.25) is 0 Å². The van der Waals surface area contributed by atoms with Crippen LogP contribution in [-0.4, -0.2) is 34.4 Å². The molecule has 0 saturated carbocycles. The number of nitrogen functional groups attached to an aromatic ring is 1. The van der Waals surface area contributed by atoms with E-state index in [0.717, 1.165) is 0 Å². The van der Waals surface area contributed by atoms with Crippen molar-refractivity contribution in [1.82, 2.24) is 19.5 Å². The van der Waals surface area contributed by atoms with Gasteiger partial charge >= 0.3 is 0 Å². The monoisotopic (exact) mass is 305 g/mol. The fraction of sp³-hybridized carbons (Fsp3) is 0.500. The highest BCUT2D eigenvalue weighted by Crippen LogP contribution is 2.36. The molecule has 0 fully saturated rings. The quantitative estimate of drug-likeness (QED) is 0.879. The Kier molecular flexibility index (Phi) is 4.15. The Bertz CT molecular complexity index is 657. The highest BCUT2D eigenvalue weighted by Gasteiger charge is 2.36. The number of fused-ring (bicyclic) bond motifs is 1. The van der Waals surface area contributed by atoms with Crippen molar-refractivity contribution in [2.24, 2.45) is 0 Å². The lowest BCUT2D eigenvalue weighted by atomic mass is 10.2. The molecule has 2 aromatic rings. The molecule has 0 radical (unpaired) electrons. The molecule has 2 heterocycles. The van der Waals surface area contributed by atoms with Gasteiger partial charge in [-0.3, -0.25) is 4.57 Å². The first-order chi connectivity index (χ1) is 9.72. The van der Waals surface area contributed by atoms with Gasteiger partial charge in [0.15, 0.2) is 25.3 Å². The third-order valence-electron chi connectivity index (χ3n) is 4.00. The minimum absolute atomic E-state index is 0.213. The fourth-order valence-electron chi connectivity index (χ4n) is 1.61. The Morgan fingerprint density at radius 2 is 2.00 bits per heavy atom. The van der Waals surface area contributed by atoms with Crippen LogP contribution in [0.4, 0.5) is 5.82 Å². The highest BCUT2D eigenvalue weighted by atomic mass is 28.4. The first-order valence-corrected chi connectivity index (χ1v) is 9.87. The molecule has 0 aliphatic carbocycles. The maximum atomic E-state index is 6.09. The maximum absolute atomic E-state index is 6.09. The van der Waals surface area contributed by atoms with Gasteiger partial charge in [-0.1, -0.05) is 20.8 Å². The van der Waals surface area contributed by atoms with Gasteiger partial charge in [0.25, 0.3) is 0 Å². The molecule has 0 amide bonds. The van der Waals surface area contributed by atoms with Crippen LogP contribution in [0, 0.1) is 0 Å². The van der Waals surface area contributed by atoms with Gasteiger partial charge in [0.05, 0.1) is 6.61 Å². The molecule has 0 spiro atoms. The second kappa shape index (κ2) is 5.57. The number of hydrogen-bond acceptors (Lipinski definition) is 5. The number of anilines is 1. The summed E-state index contributed by atoms with van der Waals surface area (Å²) >= 11 is 0. The summed E-state index contributed by atoms with van der Waals surface area (Å²) in [6, 6.07) is 0. The molecule has 2 rings (SSSR count). The Morgan fingerprint density at radius 1 is 1.29 bits per heavy atom. The average Bonchev–Trinajstić information content (AvgIpc) is 2.78. The van der Waals surface area contributed by atoms with Crippen molar-refractivity contribution in [3.05, 3.63) is 18.7 Å². The third-order valence-corrected chi connectivity index (χ3v) is 8.50. The van der Waals surface area contributed by atoms with E-state index in [9.17, 15) is 0 Å². The first kappa shape index (κ1) is 15.7. The summed E-state index contributed by atoms with van der Waals surface area (Å²) in [5, 5.41) is 0.213. The normalized spacial score (nSPS) is 13.4. The molecule has 0 saturated heterocycles. The number of nitrogens with two attached hydrogens (primary N) is 1. The van der Waals surface area contributed by atoms with Gasteiger partial charge in [-0.15, -0.1) is 0 Å². The van der Waals surface area contributed by atoms with Crippen LogP contribution in [0.3, 0.4) is 0 Å². The van der Waals surface area contributed by atoms with Gasteiger partial charge in [-0.05, 0) is 24.2 Å². The standard InChI is InChI=1S/C14H23N5OSi/c1-14(2,3)21(4,5)20-8-6-7-19-10-18-11-12(15)16-9-17-13(11)19/h6-7,9-10H,8H2,1-5H3,(H2,15,16,17)/b7-6+. The van der Waals surface area contributed by atoms with Crippen LogP contribution in [-0.2, 0) is 4.43 Å². The predicted molar refractivity (Wildman–Crippen MR) is 88.2 cm³/mol. The molecule has 0 bridgehead atoms. The summed E-state index contributed by atoms with van der Waals surface area (Å²) in [4.78, 5) is 12.3. The zero-order chi connectivity index (χ0) is 15.7. The number of hydrogen-bond donors (Lipinski definition) is 1. The molecule has 0 aliphatic heterocycles. The Balaban J connectivity index is 2.06. The van der Waals surface area contributed by atoms with Gasteiger partial charge in [0, 0.05) is 6.20 Å². The Hall–Kier alpha value is -1.73. The van der Waals surface area contributed by atoms with Crippen LogP contribution in [0.1, 0.15) is 20.8 Å². The van der Waals surface area contributed by atoms with Crippen LogP contribution in [0.15, 0.2) is 18.7 Å². The van der Waals surface area contributed by atoms with Crippen LogP contribution in [0.25, 0.3) is 17.4 Å². The first-order valence-electron chi connectivity index (χ1n) is 6.96. The van der Waals surface area contributed by atoms with Crippen molar-refractivity contribution in [2.45, 2.75) is 38.9 Å². The van der Waals surface area contributed by atoms with E-state index in [4.69, 9.17) is 10.2 Å². The molecule has 0 aliphatic rings. The minimum atomic E-state index is -1.71. The van der Waals surface area contributed by atoms with Crippen molar-refractivity contribution in [3.8, 4) is 0 Å². The molecular weight excluding hydrogens is 282 g/mol. The summed E-state index contributed by atoms with van der Waals surface area (Å²) in [6.07, 6.45) is 6.99. The highest BCUT2D eigenvalue weighted by molar-refractivity contribution is 6.74. The van der Waals surface area contributed by atoms with Gasteiger partial charge in [-0.25, -0.2) is 15.0 Å². The van der Waals surface area contributed by atoms with Crippen molar-refractivity contribution in [1.29, 1.82) is 0 Å². The minimum Gasteiger partial charge on any atom is -0.413 e. The molecule has 6 nitrogen and oxygen atoms in total. The third kappa shape index (κ3) is 3.30. The van der Waals surface area contributed by atoms with Crippen molar-refractivity contribution in [2.75, 3.05) is 12.3 Å². The largest absolute Gasteiger partial charge is 0.413 e. The van der Waals surface area contributed by atoms with E-state index in [1.54, 1.807) is 6.33 Å². The summed E-state index contributed by atoms with van der Waals surface area (Å²) < 4.78 is 7.91. The van der Waals surface area contributed by atoms with Crippen molar-refractivity contribution in [3.63, 3.8) is 0 Å². The van der Waals surface area contributed by atoms with Crippen LogP contribution in [0.2, 0.25) is 18.1 Å². The smallest absolute Gasteiger partial charge is 0.192 e. The molecular formula is C14H23N5OSi. The lowest BCUT2D eigenvalue weighted by Crippen LogP contribution is -2.40. The van der Waals surface area contributed by atoms with Gasteiger partial charge in [0.1, 0.15) is 12.7 Å². The Morgan fingerprint density at radius 3 is 2.67 bits per heavy atom.